The highest BCUT2D eigenvalue weighted by Crippen LogP contribution is 2.22. The van der Waals surface area contributed by atoms with Gasteiger partial charge in [-0.3, -0.25) is 4.79 Å². The number of alkyl halides is 3. The lowest BCUT2D eigenvalue weighted by Gasteiger charge is -2.12. The van der Waals surface area contributed by atoms with Crippen LogP contribution in [-0.4, -0.2) is 33.0 Å². The van der Waals surface area contributed by atoms with E-state index in [0.717, 1.165) is 10.9 Å². The number of halogens is 4. The predicted molar refractivity (Wildman–Crippen MR) is 81.2 cm³/mol. The molecule has 0 saturated heterocycles. The zero-order chi connectivity index (χ0) is 18.0. The first-order chi connectivity index (χ1) is 11.9. The number of nitrogens with one attached hydrogen (secondary N) is 1. The topological polar surface area (TPSA) is 51.9 Å². The maximum atomic E-state index is 14.1. The van der Waals surface area contributed by atoms with Gasteiger partial charge in [0.1, 0.15) is 23.6 Å². The molecule has 0 atom stereocenters. The van der Waals surface area contributed by atoms with E-state index in [1.54, 1.807) is 35.9 Å². The molecule has 1 aromatic carbocycles. The first-order valence-corrected chi connectivity index (χ1v) is 7.18. The molecule has 1 amide bonds. The quantitative estimate of drug-likeness (QED) is 0.734. The van der Waals surface area contributed by atoms with Crippen molar-refractivity contribution in [2.45, 2.75) is 6.18 Å². The number of benzene rings is 1. The molecule has 0 unspecified atom stereocenters. The molecule has 0 aliphatic rings. The molecule has 0 spiro atoms. The third kappa shape index (κ3) is 3.54. The van der Waals surface area contributed by atoms with Gasteiger partial charge in [-0.2, -0.15) is 18.3 Å². The highest BCUT2D eigenvalue weighted by atomic mass is 19.4. The van der Waals surface area contributed by atoms with Gasteiger partial charge < -0.3 is 9.88 Å². The molecular formula is C16H12F4N4O. The fourth-order valence-electron chi connectivity index (χ4n) is 2.30. The maximum absolute atomic E-state index is 14.1. The number of carbonyl (C=O) groups excluding carboxylic acids is 1. The summed E-state index contributed by atoms with van der Waals surface area (Å²) in [6.07, 6.45) is -0.276. The van der Waals surface area contributed by atoms with Crippen molar-refractivity contribution in [2.24, 2.45) is 0 Å². The summed E-state index contributed by atoms with van der Waals surface area (Å²) in [5, 5.41) is 5.78. The smallest absolute Gasteiger partial charge is 0.343 e. The second-order valence-corrected chi connectivity index (χ2v) is 5.13. The number of nitrogens with zero attached hydrogens (tertiary/aromatic N) is 3. The fourth-order valence-corrected chi connectivity index (χ4v) is 2.30. The van der Waals surface area contributed by atoms with Crippen LogP contribution in [-0.2, 0) is 0 Å². The van der Waals surface area contributed by atoms with Crippen molar-refractivity contribution in [1.29, 1.82) is 0 Å². The van der Waals surface area contributed by atoms with E-state index in [1.807, 2.05) is 0 Å². The van der Waals surface area contributed by atoms with Crippen LogP contribution in [0.4, 0.5) is 17.6 Å². The van der Waals surface area contributed by atoms with Crippen molar-refractivity contribution >= 4 is 5.91 Å². The number of hydrogen-bond acceptors (Lipinski definition) is 2. The standard InChI is InChI=1S/C16H12F4N4O/c17-12-5-1-2-6-13(12)24-15(23-7-3-4-8-23)11(9-22-24)14(25)21-10-16(18,19)20/h1-9H,10H2,(H,21,25). The van der Waals surface area contributed by atoms with Gasteiger partial charge in [-0.1, -0.05) is 12.1 Å². The van der Waals surface area contributed by atoms with Crippen molar-refractivity contribution in [2.75, 3.05) is 6.54 Å². The predicted octanol–water partition coefficient (Wildman–Crippen LogP) is 3.09. The van der Waals surface area contributed by atoms with Crippen LogP contribution < -0.4 is 5.32 Å². The van der Waals surface area contributed by atoms with E-state index in [0.29, 0.717) is 0 Å². The summed E-state index contributed by atoms with van der Waals surface area (Å²) in [6.45, 7) is -1.47. The molecule has 0 aliphatic carbocycles. The zero-order valence-electron chi connectivity index (χ0n) is 12.7. The SMILES string of the molecule is O=C(NCC(F)(F)F)c1cnn(-c2ccccc2F)c1-n1cccc1. The number of hydrogen-bond donors (Lipinski definition) is 1. The van der Waals surface area contributed by atoms with Gasteiger partial charge in [0.15, 0.2) is 5.82 Å². The number of amides is 1. The van der Waals surface area contributed by atoms with Gasteiger partial charge in [-0.25, -0.2) is 9.07 Å². The summed E-state index contributed by atoms with van der Waals surface area (Å²) in [5.74, 6) is -1.40. The van der Waals surface area contributed by atoms with Crippen LogP contribution in [0.5, 0.6) is 0 Å². The van der Waals surface area contributed by atoms with E-state index in [1.165, 1.54) is 22.8 Å². The second kappa shape index (κ2) is 6.42. The first-order valence-electron chi connectivity index (χ1n) is 7.18. The first kappa shape index (κ1) is 16.7. The highest BCUT2D eigenvalue weighted by molar-refractivity contribution is 5.97. The van der Waals surface area contributed by atoms with Gasteiger partial charge in [-0.15, -0.1) is 0 Å². The van der Waals surface area contributed by atoms with Crippen molar-refractivity contribution in [3.05, 3.63) is 66.4 Å². The number of rotatable bonds is 4. The monoisotopic (exact) mass is 352 g/mol. The van der Waals surface area contributed by atoms with Crippen LogP contribution in [0.2, 0.25) is 0 Å². The highest BCUT2D eigenvalue weighted by Gasteiger charge is 2.29. The molecule has 2 aromatic heterocycles. The normalized spacial score (nSPS) is 11.5. The Balaban J connectivity index is 2.06. The van der Waals surface area contributed by atoms with Crippen molar-refractivity contribution in [1.82, 2.24) is 19.7 Å². The molecule has 0 fully saturated rings. The summed E-state index contributed by atoms with van der Waals surface area (Å²) in [5.41, 5.74) is -0.0372. The summed E-state index contributed by atoms with van der Waals surface area (Å²) >= 11 is 0. The Bertz CT molecular complexity index is 884. The van der Waals surface area contributed by atoms with Gasteiger partial charge in [0.05, 0.1) is 6.20 Å². The zero-order valence-corrected chi connectivity index (χ0v) is 12.7. The van der Waals surface area contributed by atoms with Crippen LogP contribution in [0.15, 0.2) is 55.0 Å². The van der Waals surface area contributed by atoms with Gasteiger partial charge in [-0.05, 0) is 24.3 Å². The number of aromatic nitrogens is 3. The minimum Gasteiger partial charge on any atom is -0.343 e. The summed E-state index contributed by atoms with van der Waals surface area (Å²) in [4.78, 5) is 12.2. The van der Waals surface area contributed by atoms with Crippen LogP contribution >= 0.6 is 0 Å². The lowest BCUT2D eigenvalue weighted by molar-refractivity contribution is -0.123. The third-order valence-corrected chi connectivity index (χ3v) is 3.37. The summed E-state index contributed by atoms with van der Waals surface area (Å²) < 4.78 is 53.7. The molecule has 0 bridgehead atoms. The Labute approximate surface area is 139 Å². The lowest BCUT2D eigenvalue weighted by Crippen LogP contribution is -2.34. The molecule has 1 N–H and O–H groups in total. The van der Waals surface area contributed by atoms with E-state index in [9.17, 15) is 22.4 Å². The molecule has 9 heteroatoms. The molecule has 3 rings (SSSR count). The minimum absolute atomic E-state index is 0.0704. The van der Waals surface area contributed by atoms with E-state index in [2.05, 4.69) is 5.10 Å². The molecule has 0 radical (unpaired) electrons. The molecule has 25 heavy (non-hydrogen) atoms. The number of para-hydroxylation sites is 1. The van der Waals surface area contributed by atoms with Crippen LogP contribution in [0, 0.1) is 5.82 Å². The van der Waals surface area contributed by atoms with Gasteiger partial charge in [0.25, 0.3) is 5.91 Å². The molecular weight excluding hydrogens is 340 g/mol. The van der Waals surface area contributed by atoms with E-state index >= 15 is 0 Å². The van der Waals surface area contributed by atoms with E-state index < -0.39 is 24.4 Å². The van der Waals surface area contributed by atoms with E-state index in [4.69, 9.17) is 0 Å². The van der Waals surface area contributed by atoms with Crippen molar-refractivity contribution in [3.63, 3.8) is 0 Å². The maximum Gasteiger partial charge on any atom is 0.405 e. The molecule has 5 nitrogen and oxygen atoms in total. The summed E-state index contributed by atoms with van der Waals surface area (Å²) in [7, 11) is 0. The fraction of sp³-hybridized carbons (Fsp3) is 0.125. The molecule has 130 valence electrons. The molecule has 3 aromatic rings. The Kier molecular flexibility index (Phi) is 4.30. The molecule has 2 heterocycles. The Morgan fingerprint density at radius 3 is 2.44 bits per heavy atom. The van der Waals surface area contributed by atoms with Crippen LogP contribution in [0.25, 0.3) is 11.5 Å². The largest absolute Gasteiger partial charge is 0.405 e. The van der Waals surface area contributed by atoms with Crippen molar-refractivity contribution in [3.8, 4) is 11.5 Å². The van der Waals surface area contributed by atoms with Crippen molar-refractivity contribution < 1.29 is 22.4 Å². The minimum atomic E-state index is -4.54. The van der Waals surface area contributed by atoms with Crippen LogP contribution in [0.1, 0.15) is 10.4 Å². The van der Waals surface area contributed by atoms with Gasteiger partial charge >= 0.3 is 6.18 Å². The lowest BCUT2D eigenvalue weighted by atomic mass is 10.2. The molecule has 0 saturated carbocycles. The van der Waals surface area contributed by atoms with Gasteiger partial charge in [0, 0.05) is 12.4 Å². The Hall–Kier alpha value is -3.10. The van der Waals surface area contributed by atoms with Crippen LogP contribution in [0.3, 0.4) is 0 Å². The summed E-state index contributed by atoms with van der Waals surface area (Å²) in [6, 6.07) is 9.08. The van der Waals surface area contributed by atoms with Gasteiger partial charge in [0.2, 0.25) is 0 Å². The number of carbonyl (C=O) groups is 1. The second-order valence-electron chi connectivity index (χ2n) is 5.13. The average molecular weight is 352 g/mol. The Morgan fingerprint density at radius 2 is 1.80 bits per heavy atom. The van der Waals surface area contributed by atoms with E-state index in [-0.39, 0.29) is 17.1 Å². The molecule has 0 aliphatic heterocycles. The average Bonchev–Trinajstić information content (AvgIpc) is 3.21. The third-order valence-electron chi connectivity index (χ3n) is 3.37. The Morgan fingerprint density at radius 1 is 1.12 bits per heavy atom.